The lowest BCUT2D eigenvalue weighted by atomic mass is 9.98. The van der Waals surface area contributed by atoms with Crippen LogP contribution in [-0.2, 0) is 6.54 Å². The van der Waals surface area contributed by atoms with Crippen molar-refractivity contribution in [3.8, 4) is 11.5 Å². The zero-order valence-electron chi connectivity index (χ0n) is 19.9. The van der Waals surface area contributed by atoms with E-state index in [9.17, 15) is 9.59 Å². The van der Waals surface area contributed by atoms with Crippen LogP contribution in [0.25, 0.3) is 11.0 Å². The zero-order valence-corrected chi connectivity index (χ0v) is 19.9. The van der Waals surface area contributed by atoms with E-state index in [4.69, 9.17) is 18.3 Å². The number of methoxy groups -OCH3 is 1. The van der Waals surface area contributed by atoms with Crippen LogP contribution in [0.15, 0.2) is 74.5 Å². The van der Waals surface area contributed by atoms with Gasteiger partial charge in [-0.2, -0.15) is 0 Å². The molecule has 1 atom stereocenters. The van der Waals surface area contributed by atoms with Crippen LogP contribution in [0.2, 0.25) is 0 Å². The average Bonchev–Trinajstić information content (AvgIpc) is 3.46. The molecule has 3 heterocycles. The van der Waals surface area contributed by atoms with Crippen molar-refractivity contribution in [2.45, 2.75) is 32.9 Å². The molecule has 7 heteroatoms. The molecule has 0 bridgehead atoms. The number of nitrogens with zero attached hydrogens (tertiary/aromatic N) is 1. The first-order valence-corrected chi connectivity index (χ1v) is 11.7. The van der Waals surface area contributed by atoms with Gasteiger partial charge in [-0.15, -0.1) is 0 Å². The molecule has 7 nitrogen and oxygen atoms in total. The van der Waals surface area contributed by atoms with Gasteiger partial charge in [0, 0.05) is 0 Å². The van der Waals surface area contributed by atoms with Gasteiger partial charge < -0.3 is 23.2 Å². The summed E-state index contributed by atoms with van der Waals surface area (Å²) in [4.78, 5) is 28.7. The number of hydrogen-bond donors (Lipinski definition) is 0. The molecule has 0 N–H and O–H groups in total. The maximum atomic E-state index is 13.6. The van der Waals surface area contributed by atoms with Gasteiger partial charge in [0.2, 0.25) is 5.76 Å². The Morgan fingerprint density at radius 2 is 1.86 bits per heavy atom. The number of hydrogen-bond acceptors (Lipinski definition) is 6. The Kier molecular flexibility index (Phi) is 6.07. The lowest BCUT2D eigenvalue weighted by molar-refractivity contribution is 0.0701. The van der Waals surface area contributed by atoms with Gasteiger partial charge in [0.25, 0.3) is 5.91 Å². The van der Waals surface area contributed by atoms with Crippen molar-refractivity contribution in [2.75, 3.05) is 13.7 Å². The maximum Gasteiger partial charge on any atom is 0.291 e. The number of fused-ring (bicyclic) bond motifs is 2. The molecular formula is C28H27NO6. The first kappa shape index (κ1) is 22.8. The second-order valence-electron chi connectivity index (χ2n) is 9.03. The van der Waals surface area contributed by atoms with E-state index in [1.807, 2.05) is 18.2 Å². The minimum atomic E-state index is -0.665. The summed E-state index contributed by atoms with van der Waals surface area (Å²) >= 11 is 0. The summed E-state index contributed by atoms with van der Waals surface area (Å²) in [6, 6.07) is 15.4. The van der Waals surface area contributed by atoms with Gasteiger partial charge in [0.1, 0.15) is 11.3 Å². The Morgan fingerprint density at radius 3 is 2.60 bits per heavy atom. The van der Waals surface area contributed by atoms with E-state index in [-0.39, 0.29) is 23.6 Å². The molecule has 180 valence electrons. The lowest BCUT2D eigenvalue weighted by Crippen LogP contribution is -2.29. The third kappa shape index (κ3) is 4.18. The number of amides is 1. The van der Waals surface area contributed by atoms with E-state index in [1.165, 1.54) is 0 Å². The molecule has 0 saturated carbocycles. The third-order valence-electron chi connectivity index (χ3n) is 6.24. The fourth-order valence-corrected chi connectivity index (χ4v) is 4.43. The van der Waals surface area contributed by atoms with Crippen LogP contribution in [0, 0.1) is 5.92 Å². The summed E-state index contributed by atoms with van der Waals surface area (Å²) in [5.41, 5.74) is 1.20. The predicted molar refractivity (Wildman–Crippen MR) is 131 cm³/mol. The smallest absolute Gasteiger partial charge is 0.291 e. The van der Waals surface area contributed by atoms with E-state index in [1.54, 1.807) is 54.7 Å². The van der Waals surface area contributed by atoms with E-state index >= 15 is 0 Å². The largest absolute Gasteiger partial charge is 0.493 e. The molecule has 0 saturated heterocycles. The second-order valence-corrected chi connectivity index (χ2v) is 9.03. The van der Waals surface area contributed by atoms with Gasteiger partial charge >= 0.3 is 0 Å². The van der Waals surface area contributed by atoms with Gasteiger partial charge in [-0.1, -0.05) is 32.0 Å². The summed E-state index contributed by atoms with van der Waals surface area (Å²) in [6.45, 7) is 5.03. The van der Waals surface area contributed by atoms with Crippen molar-refractivity contribution < 1.29 is 23.1 Å². The highest BCUT2D eigenvalue weighted by atomic mass is 16.5. The number of ether oxygens (including phenoxy) is 2. The number of para-hydroxylation sites is 1. The SMILES string of the molecule is COc1cc(C2c3c(oc4ccccc4c3=O)C(=O)N2Cc2ccco2)ccc1OCCC(C)C. The van der Waals surface area contributed by atoms with E-state index in [0.29, 0.717) is 46.3 Å². The maximum absolute atomic E-state index is 13.6. The van der Waals surface area contributed by atoms with Gasteiger partial charge in [-0.25, -0.2) is 0 Å². The predicted octanol–water partition coefficient (Wildman–Crippen LogP) is 5.56. The van der Waals surface area contributed by atoms with Gasteiger partial charge in [0.15, 0.2) is 16.9 Å². The molecule has 1 aliphatic rings. The Morgan fingerprint density at radius 1 is 1.03 bits per heavy atom. The highest BCUT2D eigenvalue weighted by molar-refractivity contribution is 5.99. The van der Waals surface area contributed by atoms with Gasteiger partial charge in [-0.05, 0) is 54.3 Å². The van der Waals surface area contributed by atoms with E-state index < -0.39 is 6.04 Å². The van der Waals surface area contributed by atoms with Crippen molar-refractivity contribution in [3.63, 3.8) is 0 Å². The van der Waals surface area contributed by atoms with Crippen molar-refractivity contribution in [1.29, 1.82) is 0 Å². The Bertz CT molecular complexity index is 1420. The van der Waals surface area contributed by atoms with Crippen LogP contribution in [-0.4, -0.2) is 24.5 Å². The molecule has 0 radical (unpaired) electrons. The van der Waals surface area contributed by atoms with Crippen LogP contribution in [0.1, 0.15) is 53.8 Å². The molecule has 1 aliphatic heterocycles. The number of carbonyl (C=O) groups is 1. The molecule has 2 aromatic heterocycles. The van der Waals surface area contributed by atoms with Crippen molar-refractivity contribution in [1.82, 2.24) is 4.90 Å². The van der Waals surface area contributed by atoms with Crippen LogP contribution >= 0.6 is 0 Å². The summed E-state index contributed by atoms with van der Waals surface area (Å²) < 4.78 is 23.0. The molecule has 2 aromatic carbocycles. The zero-order chi connectivity index (χ0) is 24.5. The fraction of sp³-hybridized carbons (Fsp3) is 0.286. The first-order valence-electron chi connectivity index (χ1n) is 11.7. The topological polar surface area (TPSA) is 82.1 Å². The summed E-state index contributed by atoms with van der Waals surface area (Å²) in [5.74, 6) is 1.97. The molecule has 0 aliphatic carbocycles. The van der Waals surface area contributed by atoms with Crippen molar-refractivity contribution >= 4 is 16.9 Å². The number of rotatable bonds is 8. The quantitative estimate of drug-likeness (QED) is 0.333. The molecule has 1 unspecified atom stereocenters. The normalized spacial score (nSPS) is 15.1. The summed E-state index contributed by atoms with van der Waals surface area (Å²) in [7, 11) is 1.57. The molecule has 1 amide bonds. The molecule has 5 rings (SSSR count). The molecule has 0 spiro atoms. The standard InChI is InChI=1S/C28H27NO6/c1-17(2)12-14-34-22-11-10-18(15-23(22)32-3)25-24-26(30)20-8-4-5-9-21(20)35-27(24)28(31)29(25)16-19-7-6-13-33-19/h4-11,13,15,17,25H,12,14,16H2,1-3H3. The molecule has 0 fully saturated rings. The van der Waals surface area contributed by atoms with Gasteiger partial charge in [0.05, 0.1) is 43.5 Å². The van der Waals surface area contributed by atoms with E-state index in [2.05, 4.69) is 13.8 Å². The lowest BCUT2D eigenvalue weighted by Gasteiger charge is -2.25. The van der Waals surface area contributed by atoms with E-state index in [0.717, 1.165) is 12.0 Å². The minimum Gasteiger partial charge on any atom is -0.493 e. The Hall–Kier alpha value is -4.00. The monoisotopic (exact) mass is 473 g/mol. The number of furan rings is 1. The highest BCUT2D eigenvalue weighted by Crippen LogP contribution is 2.41. The van der Waals surface area contributed by atoms with Crippen molar-refractivity contribution in [3.05, 3.63) is 93.7 Å². The Balaban J connectivity index is 1.62. The van der Waals surface area contributed by atoms with Crippen LogP contribution in [0.4, 0.5) is 0 Å². The molecule has 35 heavy (non-hydrogen) atoms. The summed E-state index contributed by atoms with van der Waals surface area (Å²) in [5, 5.41) is 0.435. The number of benzene rings is 2. The van der Waals surface area contributed by atoms with Crippen LogP contribution in [0.3, 0.4) is 0 Å². The fourth-order valence-electron chi connectivity index (χ4n) is 4.43. The molecule has 4 aromatic rings. The average molecular weight is 474 g/mol. The van der Waals surface area contributed by atoms with Crippen LogP contribution in [0.5, 0.6) is 11.5 Å². The molecular weight excluding hydrogens is 446 g/mol. The second kappa shape index (κ2) is 9.33. The number of carbonyl (C=O) groups excluding carboxylic acids is 1. The van der Waals surface area contributed by atoms with Crippen LogP contribution < -0.4 is 14.9 Å². The van der Waals surface area contributed by atoms with Gasteiger partial charge in [-0.3, -0.25) is 9.59 Å². The third-order valence-corrected chi connectivity index (χ3v) is 6.24. The van der Waals surface area contributed by atoms with Crippen molar-refractivity contribution in [2.24, 2.45) is 5.92 Å². The highest BCUT2D eigenvalue weighted by Gasteiger charge is 2.43. The minimum absolute atomic E-state index is 0.0569. The Labute approximate surface area is 202 Å². The first-order chi connectivity index (χ1) is 17.0. The summed E-state index contributed by atoms with van der Waals surface area (Å²) in [6.07, 6.45) is 2.47.